The van der Waals surface area contributed by atoms with Crippen LogP contribution in [-0.2, 0) is 0 Å². The fraction of sp³-hybridized carbons (Fsp3) is 0. The number of benzene rings is 1. The average Bonchev–Trinajstić information content (AvgIpc) is 2.34. The Kier molecular flexibility index (Phi) is 3.66. The van der Waals surface area contributed by atoms with E-state index in [0.29, 0.717) is 11.4 Å². The third-order valence-corrected chi connectivity index (χ3v) is 2.86. The molecule has 0 aliphatic heterocycles. The molecule has 0 saturated carbocycles. The van der Waals surface area contributed by atoms with E-state index in [4.69, 9.17) is 15.6 Å². The molecule has 0 saturated heterocycles. The molecular formula is C12H9IN2O3. The summed E-state index contributed by atoms with van der Waals surface area (Å²) in [6, 6.07) is 10.0. The first kappa shape index (κ1) is 12.6. The number of carboxylic acids is 1. The summed E-state index contributed by atoms with van der Waals surface area (Å²) in [5.41, 5.74) is 5.87. The number of hydrogen-bond donors (Lipinski definition) is 2. The highest BCUT2D eigenvalue weighted by Gasteiger charge is 2.10. The summed E-state index contributed by atoms with van der Waals surface area (Å²) in [6.07, 6.45) is 0. The fourth-order valence-corrected chi connectivity index (χ4v) is 1.63. The minimum Gasteiger partial charge on any atom is -0.477 e. The van der Waals surface area contributed by atoms with Crippen LogP contribution in [0, 0.1) is 3.57 Å². The van der Waals surface area contributed by atoms with E-state index in [0.717, 1.165) is 3.57 Å². The van der Waals surface area contributed by atoms with Crippen molar-refractivity contribution in [1.29, 1.82) is 0 Å². The number of nitrogens with two attached hydrogens (primary N) is 1. The van der Waals surface area contributed by atoms with Gasteiger partial charge in [0.25, 0.3) is 0 Å². The number of carbonyl (C=O) groups is 1. The number of nitrogens with zero attached hydrogens (tertiary/aromatic N) is 1. The molecule has 1 heterocycles. The van der Waals surface area contributed by atoms with Gasteiger partial charge < -0.3 is 15.6 Å². The van der Waals surface area contributed by atoms with Gasteiger partial charge in [0.1, 0.15) is 5.75 Å². The van der Waals surface area contributed by atoms with Crippen molar-refractivity contribution in [3.63, 3.8) is 0 Å². The first-order valence-corrected chi connectivity index (χ1v) is 6.07. The predicted octanol–water partition coefficient (Wildman–Crippen LogP) is 2.76. The third-order valence-electron chi connectivity index (χ3n) is 2.14. The second-order valence-electron chi connectivity index (χ2n) is 3.45. The van der Waals surface area contributed by atoms with Crippen molar-refractivity contribution in [3.8, 4) is 11.6 Å². The number of hydrogen-bond acceptors (Lipinski definition) is 4. The SMILES string of the molecule is Nc1ccc(C(=O)O)nc1Oc1ccc(I)cc1. The third kappa shape index (κ3) is 2.89. The Morgan fingerprint density at radius 2 is 1.89 bits per heavy atom. The number of aromatic nitrogens is 1. The Morgan fingerprint density at radius 1 is 1.22 bits per heavy atom. The van der Waals surface area contributed by atoms with Gasteiger partial charge in [0, 0.05) is 3.57 Å². The summed E-state index contributed by atoms with van der Waals surface area (Å²) >= 11 is 2.17. The summed E-state index contributed by atoms with van der Waals surface area (Å²) in [5.74, 6) is -0.476. The number of nitrogen functional groups attached to an aromatic ring is 1. The van der Waals surface area contributed by atoms with Crippen molar-refractivity contribution in [2.75, 3.05) is 5.73 Å². The zero-order valence-corrected chi connectivity index (χ0v) is 11.3. The van der Waals surface area contributed by atoms with E-state index in [1.807, 2.05) is 12.1 Å². The quantitative estimate of drug-likeness (QED) is 0.826. The van der Waals surface area contributed by atoms with Crippen molar-refractivity contribution in [3.05, 3.63) is 45.7 Å². The monoisotopic (exact) mass is 356 g/mol. The molecule has 0 bridgehead atoms. The largest absolute Gasteiger partial charge is 0.477 e. The minimum absolute atomic E-state index is 0.0936. The van der Waals surface area contributed by atoms with Gasteiger partial charge in [-0.3, -0.25) is 0 Å². The Morgan fingerprint density at radius 3 is 2.50 bits per heavy atom. The molecule has 1 aromatic heterocycles. The zero-order valence-electron chi connectivity index (χ0n) is 9.13. The highest BCUT2D eigenvalue weighted by atomic mass is 127. The maximum Gasteiger partial charge on any atom is 0.354 e. The number of anilines is 1. The second-order valence-corrected chi connectivity index (χ2v) is 4.70. The first-order chi connectivity index (χ1) is 8.56. The van der Waals surface area contributed by atoms with Crippen molar-refractivity contribution in [2.45, 2.75) is 0 Å². The van der Waals surface area contributed by atoms with Gasteiger partial charge in [0.15, 0.2) is 5.69 Å². The maximum atomic E-state index is 10.8. The van der Waals surface area contributed by atoms with Crippen molar-refractivity contribution in [2.24, 2.45) is 0 Å². The average molecular weight is 356 g/mol. The summed E-state index contributed by atoms with van der Waals surface area (Å²) < 4.78 is 6.52. The van der Waals surface area contributed by atoms with Gasteiger partial charge in [-0.25, -0.2) is 9.78 Å². The van der Waals surface area contributed by atoms with Gasteiger partial charge >= 0.3 is 5.97 Å². The van der Waals surface area contributed by atoms with E-state index in [2.05, 4.69) is 27.6 Å². The molecule has 0 unspecified atom stereocenters. The summed E-state index contributed by atoms with van der Waals surface area (Å²) in [6.45, 7) is 0. The Bertz CT molecular complexity index is 584. The van der Waals surface area contributed by atoms with Crippen LogP contribution in [0.1, 0.15) is 10.5 Å². The van der Waals surface area contributed by atoms with Crippen LogP contribution in [0.15, 0.2) is 36.4 Å². The lowest BCUT2D eigenvalue weighted by Crippen LogP contribution is -2.03. The molecule has 1 aromatic carbocycles. The van der Waals surface area contributed by atoms with Crippen LogP contribution in [-0.4, -0.2) is 16.1 Å². The molecule has 0 amide bonds. The van der Waals surface area contributed by atoms with Gasteiger partial charge in [-0.15, -0.1) is 0 Å². The molecule has 5 nitrogen and oxygen atoms in total. The molecule has 2 aromatic rings. The molecule has 18 heavy (non-hydrogen) atoms. The Labute approximate surface area is 117 Å². The van der Waals surface area contributed by atoms with Crippen LogP contribution in [0.5, 0.6) is 11.6 Å². The molecule has 0 aliphatic rings. The molecule has 0 radical (unpaired) electrons. The van der Waals surface area contributed by atoms with Gasteiger partial charge in [-0.05, 0) is 59.0 Å². The first-order valence-electron chi connectivity index (χ1n) is 4.99. The molecule has 6 heteroatoms. The van der Waals surface area contributed by atoms with E-state index >= 15 is 0 Å². The minimum atomic E-state index is -1.12. The molecule has 0 aliphatic carbocycles. The van der Waals surface area contributed by atoms with Gasteiger partial charge in [-0.2, -0.15) is 0 Å². The normalized spacial score (nSPS) is 10.1. The molecule has 3 N–H and O–H groups in total. The number of ether oxygens (including phenoxy) is 1. The van der Waals surface area contributed by atoms with Crippen LogP contribution < -0.4 is 10.5 Å². The van der Waals surface area contributed by atoms with E-state index < -0.39 is 5.97 Å². The molecular weight excluding hydrogens is 347 g/mol. The topological polar surface area (TPSA) is 85.4 Å². The molecule has 92 valence electrons. The van der Waals surface area contributed by atoms with Gasteiger partial charge in [0.05, 0.1) is 5.69 Å². The fourth-order valence-electron chi connectivity index (χ4n) is 1.27. The number of halogens is 1. The van der Waals surface area contributed by atoms with Crippen LogP contribution >= 0.6 is 22.6 Å². The number of pyridine rings is 1. The zero-order chi connectivity index (χ0) is 13.1. The predicted molar refractivity (Wildman–Crippen MR) is 74.8 cm³/mol. The lowest BCUT2D eigenvalue weighted by Gasteiger charge is -2.07. The molecule has 0 fully saturated rings. The highest BCUT2D eigenvalue weighted by molar-refractivity contribution is 14.1. The standard InChI is InChI=1S/C12H9IN2O3/c13-7-1-3-8(4-2-7)18-11-9(14)5-6-10(15-11)12(16)17/h1-6H,14H2,(H,16,17). The molecule has 0 atom stereocenters. The summed E-state index contributed by atoms with van der Waals surface area (Å²) in [7, 11) is 0. The molecule has 2 rings (SSSR count). The van der Waals surface area contributed by atoms with Gasteiger partial charge in [-0.1, -0.05) is 0 Å². The second kappa shape index (κ2) is 5.21. The number of carboxylic acid groups (broad SMARTS) is 1. The van der Waals surface area contributed by atoms with Crippen LogP contribution in [0.25, 0.3) is 0 Å². The lowest BCUT2D eigenvalue weighted by atomic mass is 10.3. The van der Waals surface area contributed by atoms with E-state index in [1.54, 1.807) is 12.1 Å². The van der Waals surface area contributed by atoms with Crippen LogP contribution in [0.2, 0.25) is 0 Å². The van der Waals surface area contributed by atoms with Crippen LogP contribution in [0.3, 0.4) is 0 Å². The van der Waals surface area contributed by atoms with E-state index in [9.17, 15) is 4.79 Å². The van der Waals surface area contributed by atoms with E-state index in [1.165, 1.54) is 12.1 Å². The number of aromatic carboxylic acids is 1. The van der Waals surface area contributed by atoms with Crippen LogP contribution in [0.4, 0.5) is 5.69 Å². The molecule has 0 spiro atoms. The van der Waals surface area contributed by atoms with Crippen molar-refractivity contribution >= 4 is 34.2 Å². The smallest absolute Gasteiger partial charge is 0.354 e. The Balaban J connectivity index is 2.30. The van der Waals surface area contributed by atoms with Gasteiger partial charge in [0.2, 0.25) is 5.88 Å². The Hall–Kier alpha value is -1.83. The highest BCUT2D eigenvalue weighted by Crippen LogP contribution is 2.25. The van der Waals surface area contributed by atoms with Crippen molar-refractivity contribution in [1.82, 2.24) is 4.98 Å². The summed E-state index contributed by atoms with van der Waals surface area (Å²) in [5, 5.41) is 8.84. The van der Waals surface area contributed by atoms with Crippen molar-refractivity contribution < 1.29 is 14.6 Å². The summed E-state index contributed by atoms with van der Waals surface area (Å²) in [4.78, 5) is 14.6. The number of rotatable bonds is 3. The van der Waals surface area contributed by atoms with E-state index in [-0.39, 0.29) is 11.6 Å². The maximum absolute atomic E-state index is 10.8. The lowest BCUT2D eigenvalue weighted by molar-refractivity contribution is 0.0689.